The predicted octanol–water partition coefficient (Wildman–Crippen LogP) is 5.85. The highest BCUT2D eigenvalue weighted by atomic mass is 16.5. The van der Waals surface area contributed by atoms with Gasteiger partial charge in [0.25, 0.3) is 0 Å². The molecule has 0 aliphatic carbocycles. The zero-order chi connectivity index (χ0) is 21.6. The highest BCUT2D eigenvalue weighted by molar-refractivity contribution is 5.66. The van der Waals surface area contributed by atoms with Gasteiger partial charge in [0.2, 0.25) is 0 Å². The monoisotopic (exact) mass is 416 g/mol. The standard InChI is InChI=1S/C24H48O5/c1-2-3-4-5-6-7-8-9-10-11-12-13-14-15-18-22(26)23(21-25)29-20-17-16-19-24(27)28/h22-23,25-26H,2-21H2,1H3,(H,27,28)/t22?,23-/m0/s1. The Morgan fingerprint density at radius 3 is 1.69 bits per heavy atom. The SMILES string of the molecule is CCCCCCCCCCCCCCCCC(O)[C@H](CO)OCCCCC(=O)O. The number of carboxylic acid groups (broad SMARTS) is 1. The first kappa shape index (κ1) is 28.4. The topological polar surface area (TPSA) is 87.0 Å². The fraction of sp³-hybridized carbons (Fsp3) is 0.958. The maximum Gasteiger partial charge on any atom is 0.303 e. The van der Waals surface area contributed by atoms with Crippen molar-refractivity contribution in [2.45, 2.75) is 135 Å². The predicted molar refractivity (Wildman–Crippen MR) is 119 cm³/mol. The van der Waals surface area contributed by atoms with Crippen molar-refractivity contribution in [3.8, 4) is 0 Å². The minimum absolute atomic E-state index is 0.134. The van der Waals surface area contributed by atoms with Crippen molar-refractivity contribution < 1.29 is 24.9 Å². The van der Waals surface area contributed by atoms with Crippen LogP contribution < -0.4 is 0 Å². The molecule has 0 fully saturated rings. The van der Waals surface area contributed by atoms with Crippen LogP contribution in [0.25, 0.3) is 0 Å². The summed E-state index contributed by atoms with van der Waals surface area (Å²) in [4.78, 5) is 10.5. The van der Waals surface area contributed by atoms with Gasteiger partial charge in [0.15, 0.2) is 0 Å². The number of hydrogen-bond donors (Lipinski definition) is 3. The van der Waals surface area contributed by atoms with Gasteiger partial charge in [-0.1, -0.05) is 96.8 Å². The molecule has 0 aromatic carbocycles. The lowest BCUT2D eigenvalue weighted by Crippen LogP contribution is -2.32. The Hall–Kier alpha value is -0.650. The van der Waals surface area contributed by atoms with Gasteiger partial charge in [0, 0.05) is 13.0 Å². The van der Waals surface area contributed by atoms with E-state index in [2.05, 4.69) is 6.92 Å². The van der Waals surface area contributed by atoms with E-state index in [-0.39, 0.29) is 13.0 Å². The molecule has 29 heavy (non-hydrogen) atoms. The lowest BCUT2D eigenvalue weighted by molar-refractivity contribution is -0.137. The Balaban J connectivity index is 3.42. The Kier molecular flexibility index (Phi) is 21.6. The molecule has 0 rings (SSSR count). The third-order valence-corrected chi connectivity index (χ3v) is 5.58. The Morgan fingerprint density at radius 1 is 0.759 bits per heavy atom. The fourth-order valence-corrected chi connectivity index (χ4v) is 3.63. The molecule has 0 aromatic heterocycles. The first-order chi connectivity index (χ1) is 14.1. The number of aliphatic hydroxyl groups is 2. The zero-order valence-electron chi connectivity index (χ0n) is 19.0. The zero-order valence-corrected chi connectivity index (χ0v) is 19.0. The van der Waals surface area contributed by atoms with Crippen LogP contribution in [-0.4, -0.2) is 46.7 Å². The number of aliphatic carboxylic acids is 1. The number of hydrogen-bond acceptors (Lipinski definition) is 4. The molecule has 0 saturated heterocycles. The minimum Gasteiger partial charge on any atom is -0.481 e. The number of aliphatic hydroxyl groups excluding tert-OH is 2. The molecule has 0 amide bonds. The van der Waals surface area contributed by atoms with Crippen molar-refractivity contribution in [2.75, 3.05) is 13.2 Å². The van der Waals surface area contributed by atoms with E-state index in [9.17, 15) is 15.0 Å². The van der Waals surface area contributed by atoms with Crippen LogP contribution in [0.2, 0.25) is 0 Å². The number of unbranched alkanes of at least 4 members (excludes halogenated alkanes) is 14. The van der Waals surface area contributed by atoms with E-state index in [1.54, 1.807) is 0 Å². The van der Waals surface area contributed by atoms with Crippen molar-refractivity contribution in [1.82, 2.24) is 0 Å². The van der Waals surface area contributed by atoms with Crippen molar-refractivity contribution in [2.24, 2.45) is 0 Å². The molecular formula is C24H48O5. The van der Waals surface area contributed by atoms with E-state index in [1.807, 2.05) is 0 Å². The van der Waals surface area contributed by atoms with E-state index in [0.717, 1.165) is 12.8 Å². The molecular weight excluding hydrogens is 368 g/mol. The Morgan fingerprint density at radius 2 is 1.24 bits per heavy atom. The number of carbonyl (C=O) groups is 1. The number of rotatable bonds is 23. The lowest BCUT2D eigenvalue weighted by Gasteiger charge is -2.21. The normalized spacial score (nSPS) is 13.5. The molecule has 5 heteroatoms. The third kappa shape index (κ3) is 20.4. The summed E-state index contributed by atoms with van der Waals surface area (Å²) in [6.07, 6.45) is 19.1. The molecule has 0 bridgehead atoms. The van der Waals surface area contributed by atoms with Crippen molar-refractivity contribution in [3.63, 3.8) is 0 Å². The summed E-state index contributed by atoms with van der Waals surface area (Å²) >= 11 is 0. The van der Waals surface area contributed by atoms with Crippen LogP contribution in [0.15, 0.2) is 0 Å². The van der Waals surface area contributed by atoms with Gasteiger partial charge in [-0.3, -0.25) is 4.79 Å². The Labute approximate surface area is 179 Å². The van der Waals surface area contributed by atoms with Crippen molar-refractivity contribution in [3.05, 3.63) is 0 Å². The molecule has 174 valence electrons. The van der Waals surface area contributed by atoms with E-state index < -0.39 is 18.2 Å². The molecule has 0 aromatic rings. The van der Waals surface area contributed by atoms with Gasteiger partial charge >= 0.3 is 5.97 Å². The summed E-state index contributed by atoms with van der Waals surface area (Å²) in [6.45, 7) is 2.45. The molecule has 0 radical (unpaired) electrons. The van der Waals surface area contributed by atoms with Gasteiger partial charge in [-0.25, -0.2) is 0 Å². The van der Waals surface area contributed by atoms with E-state index >= 15 is 0 Å². The van der Waals surface area contributed by atoms with E-state index in [0.29, 0.717) is 25.9 Å². The average molecular weight is 417 g/mol. The van der Waals surface area contributed by atoms with Gasteiger partial charge in [-0.05, 0) is 19.3 Å². The van der Waals surface area contributed by atoms with Crippen LogP contribution in [0, 0.1) is 0 Å². The molecule has 0 aliphatic heterocycles. The van der Waals surface area contributed by atoms with Crippen LogP contribution in [0.3, 0.4) is 0 Å². The van der Waals surface area contributed by atoms with Gasteiger partial charge < -0.3 is 20.1 Å². The first-order valence-corrected chi connectivity index (χ1v) is 12.2. The van der Waals surface area contributed by atoms with Crippen LogP contribution in [0.4, 0.5) is 0 Å². The summed E-state index contributed by atoms with van der Waals surface area (Å²) in [5.74, 6) is -0.804. The van der Waals surface area contributed by atoms with Crippen LogP contribution >= 0.6 is 0 Å². The second-order valence-electron chi connectivity index (χ2n) is 8.39. The number of carboxylic acids is 1. The summed E-state index contributed by atoms with van der Waals surface area (Å²) < 4.78 is 5.51. The summed E-state index contributed by atoms with van der Waals surface area (Å²) in [5.41, 5.74) is 0. The molecule has 0 heterocycles. The van der Waals surface area contributed by atoms with Crippen LogP contribution in [0.1, 0.15) is 122 Å². The lowest BCUT2D eigenvalue weighted by atomic mass is 10.0. The molecule has 1 unspecified atom stereocenters. The maximum atomic E-state index is 10.5. The minimum atomic E-state index is -0.804. The molecule has 0 spiro atoms. The van der Waals surface area contributed by atoms with Crippen LogP contribution in [-0.2, 0) is 9.53 Å². The van der Waals surface area contributed by atoms with E-state index in [1.165, 1.54) is 77.0 Å². The van der Waals surface area contributed by atoms with Crippen molar-refractivity contribution in [1.29, 1.82) is 0 Å². The van der Waals surface area contributed by atoms with E-state index in [4.69, 9.17) is 9.84 Å². The Bertz CT molecular complexity index is 348. The maximum absolute atomic E-state index is 10.5. The summed E-state index contributed by atoms with van der Waals surface area (Å²) in [5, 5.41) is 28.1. The quantitative estimate of drug-likeness (QED) is 0.182. The largest absolute Gasteiger partial charge is 0.481 e. The highest BCUT2D eigenvalue weighted by Crippen LogP contribution is 2.15. The molecule has 3 N–H and O–H groups in total. The highest BCUT2D eigenvalue weighted by Gasteiger charge is 2.18. The average Bonchev–Trinajstić information content (AvgIpc) is 2.70. The van der Waals surface area contributed by atoms with Crippen molar-refractivity contribution >= 4 is 5.97 Å². The second-order valence-corrected chi connectivity index (χ2v) is 8.39. The fourth-order valence-electron chi connectivity index (χ4n) is 3.63. The van der Waals surface area contributed by atoms with Gasteiger partial charge in [-0.2, -0.15) is 0 Å². The molecule has 0 saturated carbocycles. The first-order valence-electron chi connectivity index (χ1n) is 12.2. The summed E-state index contributed by atoms with van der Waals surface area (Å²) in [6, 6.07) is 0. The van der Waals surface area contributed by atoms with Gasteiger partial charge in [0.05, 0.1) is 12.7 Å². The van der Waals surface area contributed by atoms with Gasteiger partial charge in [-0.15, -0.1) is 0 Å². The third-order valence-electron chi connectivity index (χ3n) is 5.58. The molecule has 0 aliphatic rings. The van der Waals surface area contributed by atoms with Crippen LogP contribution in [0.5, 0.6) is 0 Å². The smallest absolute Gasteiger partial charge is 0.303 e. The number of ether oxygens (including phenoxy) is 1. The van der Waals surface area contributed by atoms with Gasteiger partial charge in [0.1, 0.15) is 6.10 Å². The second kappa shape index (κ2) is 22.0. The summed E-state index contributed by atoms with van der Waals surface area (Å²) in [7, 11) is 0. The molecule has 5 nitrogen and oxygen atoms in total. The molecule has 2 atom stereocenters.